The lowest BCUT2D eigenvalue weighted by Crippen LogP contribution is -2.45. The van der Waals surface area contributed by atoms with Crippen LogP contribution in [0.2, 0.25) is 0 Å². The van der Waals surface area contributed by atoms with Crippen molar-refractivity contribution in [3.05, 3.63) is 0 Å². The van der Waals surface area contributed by atoms with E-state index in [1.807, 2.05) is 6.92 Å². The SMILES string of the molecule is CC1OCCC1NC(CO)CO. The van der Waals surface area contributed by atoms with Crippen molar-refractivity contribution < 1.29 is 14.9 Å². The van der Waals surface area contributed by atoms with Crippen LogP contribution in [0.1, 0.15) is 13.3 Å². The van der Waals surface area contributed by atoms with E-state index in [0.29, 0.717) is 0 Å². The van der Waals surface area contributed by atoms with Crippen LogP contribution in [0, 0.1) is 0 Å². The van der Waals surface area contributed by atoms with Crippen molar-refractivity contribution in [3.63, 3.8) is 0 Å². The van der Waals surface area contributed by atoms with Crippen LogP contribution in [-0.2, 0) is 4.74 Å². The molecule has 12 heavy (non-hydrogen) atoms. The zero-order valence-corrected chi connectivity index (χ0v) is 7.36. The fourth-order valence-electron chi connectivity index (χ4n) is 1.42. The first-order valence-corrected chi connectivity index (χ1v) is 4.37. The summed E-state index contributed by atoms with van der Waals surface area (Å²) in [5.41, 5.74) is 0. The van der Waals surface area contributed by atoms with Crippen molar-refractivity contribution in [1.82, 2.24) is 5.32 Å². The highest BCUT2D eigenvalue weighted by atomic mass is 16.5. The summed E-state index contributed by atoms with van der Waals surface area (Å²) in [6.07, 6.45) is 1.14. The Morgan fingerprint density at radius 3 is 2.58 bits per heavy atom. The molecule has 0 aliphatic carbocycles. The lowest BCUT2D eigenvalue weighted by atomic mass is 10.1. The Morgan fingerprint density at radius 2 is 2.17 bits per heavy atom. The number of hydrogen-bond donors (Lipinski definition) is 3. The quantitative estimate of drug-likeness (QED) is 0.518. The molecular formula is C8H17NO3. The van der Waals surface area contributed by atoms with Gasteiger partial charge in [-0.15, -0.1) is 0 Å². The topological polar surface area (TPSA) is 61.7 Å². The lowest BCUT2D eigenvalue weighted by Gasteiger charge is -2.21. The highest BCUT2D eigenvalue weighted by Crippen LogP contribution is 2.12. The van der Waals surface area contributed by atoms with E-state index in [0.717, 1.165) is 13.0 Å². The Bertz CT molecular complexity index is 127. The molecule has 0 amide bonds. The molecule has 1 saturated heterocycles. The van der Waals surface area contributed by atoms with E-state index in [-0.39, 0.29) is 31.4 Å². The zero-order chi connectivity index (χ0) is 8.97. The number of hydrogen-bond acceptors (Lipinski definition) is 4. The third kappa shape index (κ3) is 2.42. The molecule has 4 nitrogen and oxygen atoms in total. The van der Waals surface area contributed by atoms with Gasteiger partial charge < -0.3 is 20.3 Å². The van der Waals surface area contributed by atoms with Gasteiger partial charge in [0.2, 0.25) is 0 Å². The molecule has 0 saturated carbocycles. The smallest absolute Gasteiger partial charge is 0.0700 e. The molecule has 0 radical (unpaired) electrons. The van der Waals surface area contributed by atoms with Crippen molar-refractivity contribution in [2.45, 2.75) is 31.5 Å². The van der Waals surface area contributed by atoms with E-state index in [1.54, 1.807) is 0 Å². The average Bonchev–Trinajstić information content (AvgIpc) is 2.47. The van der Waals surface area contributed by atoms with Crippen molar-refractivity contribution in [3.8, 4) is 0 Å². The molecule has 3 N–H and O–H groups in total. The van der Waals surface area contributed by atoms with Gasteiger partial charge in [-0.3, -0.25) is 0 Å². The molecule has 1 aliphatic rings. The molecule has 72 valence electrons. The first kappa shape index (κ1) is 9.92. The summed E-state index contributed by atoms with van der Waals surface area (Å²) in [4.78, 5) is 0. The van der Waals surface area contributed by atoms with Crippen LogP contribution in [0.3, 0.4) is 0 Å². The van der Waals surface area contributed by atoms with Crippen LogP contribution >= 0.6 is 0 Å². The van der Waals surface area contributed by atoms with Crippen molar-refractivity contribution in [2.75, 3.05) is 19.8 Å². The molecule has 1 fully saturated rings. The van der Waals surface area contributed by atoms with Crippen LogP contribution in [-0.4, -0.2) is 48.2 Å². The zero-order valence-electron chi connectivity index (χ0n) is 7.36. The summed E-state index contributed by atoms with van der Waals surface area (Å²) < 4.78 is 5.33. The molecule has 0 aromatic carbocycles. The molecule has 1 heterocycles. The Morgan fingerprint density at radius 1 is 1.50 bits per heavy atom. The van der Waals surface area contributed by atoms with Crippen molar-refractivity contribution >= 4 is 0 Å². The third-order valence-corrected chi connectivity index (χ3v) is 2.27. The molecular weight excluding hydrogens is 158 g/mol. The van der Waals surface area contributed by atoms with Gasteiger partial charge in [-0.25, -0.2) is 0 Å². The van der Waals surface area contributed by atoms with E-state index >= 15 is 0 Å². The predicted molar refractivity (Wildman–Crippen MR) is 44.9 cm³/mol. The van der Waals surface area contributed by atoms with Gasteiger partial charge >= 0.3 is 0 Å². The van der Waals surface area contributed by atoms with E-state index in [4.69, 9.17) is 14.9 Å². The van der Waals surface area contributed by atoms with E-state index in [1.165, 1.54) is 0 Å². The maximum absolute atomic E-state index is 8.81. The third-order valence-electron chi connectivity index (χ3n) is 2.27. The standard InChI is InChI=1S/C8H17NO3/c1-6-8(2-3-12-6)9-7(4-10)5-11/h6-11H,2-5H2,1H3. The number of aliphatic hydroxyl groups excluding tert-OH is 2. The number of ether oxygens (including phenoxy) is 1. The van der Waals surface area contributed by atoms with Crippen LogP contribution in [0.15, 0.2) is 0 Å². The second kappa shape index (κ2) is 4.77. The summed E-state index contributed by atoms with van der Waals surface area (Å²) in [6.45, 7) is 2.71. The van der Waals surface area contributed by atoms with Gasteiger partial charge in [0.05, 0.1) is 25.4 Å². The Kier molecular flexibility index (Phi) is 3.94. The largest absolute Gasteiger partial charge is 0.395 e. The van der Waals surface area contributed by atoms with Crippen LogP contribution in [0.5, 0.6) is 0 Å². The van der Waals surface area contributed by atoms with Gasteiger partial charge in [-0.05, 0) is 13.3 Å². The summed E-state index contributed by atoms with van der Waals surface area (Å²) in [5.74, 6) is 0. The van der Waals surface area contributed by atoms with Gasteiger partial charge in [0.1, 0.15) is 0 Å². The minimum Gasteiger partial charge on any atom is -0.395 e. The maximum atomic E-state index is 8.81. The summed E-state index contributed by atoms with van der Waals surface area (Å²) in [7, 11) is 0. The van der Waals surface area contributed by atoms with Crippen molar-refractivity contribution in [1.29, 1.82) is 0 Å². The lowest BCUT2D eigenvalue weighted by molar-refractivity contribution is 0.100. The van der Waals surface area contributed by atoms with Gasteiger partial charge in [-0.2, -0.15) is 0 Å². The fourth-order valence-corrected chi connectivity index (χ4v) is 1.42. The fraction of sp³-hybridized carbons (Fsp3) is 1.00. The number of rotatable bonds is 4. The second-order valence-corrected chi connectivity index (χ2v) is 3.20. The molecule has 4 heteroatoms. The summed E-state index contributed by atoms with van der Waals surface area (Å²) in [5, 5.41) is 20.8. The van der Waals surface area contributed by atoms with Crippen LogP contribution in [0.4, 0.5) is 0 Å². The van der Waals surface area contributed by atoms with Gasteiger partial charge in [-0.1, -0.05) is 0 Å². The van der Waals surface area contributed by atoms with E-state index < -0.39 is 0 Å². The maximum Gasteiger partial charge on any atom is 0.0700 e. The van der Waals surface area contributed by atoms with Gasteiger partial charge in [0.25, 0.3) is 0 Å². The normalized spacial score (nSPS) is 30.0. The molecule has 2 atom stereocenters. The number of aliphatic hydroxyl groups is 2. The van der Waals surface area contributed by atoms with Crippen LogP contribution in [0.25, 0.3) is 0 Å². The Labute approximate surface area is 72.5 Å². The predicted octanol–water partition coefficient (Wildman–Crippen LogP) is -0.893. The monoisotopic (exact) mass is 175 g/mol. The minimum atomic E-state index is -0.209. The van der Waals surface area contributed by atoms with E-state index in [9.17, 15) is 0 Å². The summed E-state index contributed by atoms with van der Waals surface area (Å²) in [6, 6.07) is 0.0634. The van der Waals surface area contributed by atoms with Gasteiger partial charge in [0, 0.05) is 12.6 Å². The summed E-state index contributed by atoms with van der Waals surface area (Å²) >= 11 is 0. The average molecular weight is 175 g/mol. The van der Waals surface area contributed by atoms with Crippen molar-refractivity contribution in [2.24, 2.45) is 0 Å². The first-order chi connectivity index (χ1) is 5.77. The molecule has 0 aromatic heterocycles. The van der Waals surface area contributed by atoms with Gasteiger partial charge in [0.15, 0.2) is 0 Å². The highest BCUT2D eigenvalue weighted by Gasteiger charge is 2.25. The molecule has 1 rings (SSSR count). The highest BCUT2D eigenvalue weighted by molar-refractivity contribution is 4.82. The minimum absolute atomic E-state index is 0.0281. The second-order valence-electron chi connectivity index (χ2n) is 3.20. The Balaban J connectivity index is 2.28. The van der Waals surface area contributed by atoms with E-state index in [2.05, 4.69) is 5.32 Å². The molecule has 0 aromatic rings. The molecule has 0 bridgehead atoms. The number of nitrogens with one attached hydrogen (secondary N) is 1. The molecule has 0 spiro atoms. The molecule has 2 unspecified atom stereocenters. The first-order valence-electron chi connectivity index (χ1n) is 4.37. The molecule has 1 aliphatic heterocycles. The Hall–Kier alpha value is -0.160. The van der Waals surface area contributed by atoms with Crippen LogP contribution < -0.4 is 5.32 Å².